The molecule has 0 amide bonds. The molecule has 1 atom stereocenters. The van der Waals surface area contributed by atoms with Gasteiger partial charge in [-0.25, -0.2) is 9.37 Å². The molecule has 1 heterocycles. The minimum Gasteiger partial charge on any atom is -0.335 e. The predicted octanol–water partition coefficient (Wildman–Crippen LogP) is 3.30. The lowest BCUT2D eigenvalue weighted by Crippen LogP contribution is -2.19. The fourth-order valence-electron chi connectivity index (χ4n) is 2.53. The largest absolute Gasteiger partial charge is 0.335 e. The van der Waals surface area contributed by atoms with Gasteiger partial charge in [0.15, 0.2) is 0 Å². The highest BCUT2D eigenvalue weighted by Crippen LogP contribution is 2.21. The molecule has 0 fully saturated rings. The van der Waals surface area contributed by atoms with Gasteiger partial charge in [0.25, 0.3) is 0 Å². The second-order valence-corrected chi connectivity index (χ2v) is 4.93. The van der Waals surface area contributed by atoms with Crippen LogP contribution in [-0.2, 0) is 13.0 Å². The molecule has 2 rings (SSSR count). The van der Waals surface area contributed by atoms with E-state index < -0.39 is 0 Å². The van der Waals surface area contributed by atoms with E-state index in [4.69, 9.17) is 0 Å². The van der Waals surface area contributed by atoms with Crippen LogP contribution in [0.1, 0.15) is 43.8 Å². The van der Waals surface area contributed by atoms with Gasteiger partial charge in [-0.1, -0.05) is 13.0 Å². The Morgan fingerprint density at radius 3 is 2.85 bits per heavy atom. The van der Waals surface area contributed by atoms with Crippen molar-refractivity contribution in [1.82, 2.24) is 14.9 Å². The topological polar surface area (TPSA) is 29.9 Å². The maximum atomic E-state index is 13.6. The number of aromatic nitrogens is 2. The lowest BCUT2D eigenvalue weighted by Gasteiger charge is -2.17. The summed E-state index contributed by atoms with van der Waals surface area (Å²) in [4.78, 5) is 4.38. The summed E-state index contributed by atoms with van der Waals surface area (Å²) in [5.74, 6) is 0.783. The summed E-state index contributed by atoms with van der Waals surface area (Å²) >= 11 is 0. The lowest BCUT2D eigenvalue weighted by molar-refractivity contribution is 0.584. The standard InChI is InChI=1S/C16H22FN3/c1-4-18-12(3)15-7-6-14(17)10-13(15)11-16-19-8-9-20(16)5-2/h6-10,12,18H,4-5,11H2,1-3H3. The minimum atomic E-state index is -0.193. The molecule has 4 heteroatoms. The summed E-state index contributed by atoms with van der Waals surface area (Å²) in [5.41, 5.74) is 2.14. The molecule has 108 valence electrons. The summed E-state index contributed by atoms with van der Waals surface area (Å²) in [7, 11) is 0. The van der Waals surface area contributed by atoms with Crippen molar-refractivity contribution in [2.75, 3.05) is 6.54 Å². The second kappa shape index (κ2) is 6.66. The van der Waals surface area contributed by atoms with Crippen molar-refractivity contribution >= 4 is 0 Å². The highest BCUT2D eigenvalue weighted by molar-refractivity contribution is 5.33. The molecule has 2 aromatic rings. The predicted molar refractivity (Wildman–Crippen MR) is 79.2 cm³/mol. The number of rotatable bonds is 6. The van der Waals surface area contributed by atoms with Gasteiger partial charge < -0.3 is 9.88 Å². The Morgan fingerprint density at radius 2 is 2.15 bits per heavy atom. The highest BCUT2D eigenvalue weighted by atomic mass is 19.1. The van der Waals surface area contributed by atoms with E-state index in [0.29, 0.717) is 6.42 Å². The Morgan fingerprint density at radius 1 is 1.35 bits per heavy atom. The molecule has 0 bridgehead atoms. The zero-order valence-electron chi connectivity index (χ0n) is 12.4. The van der Waals surface area contributed by atoms with Gasteiger partial charge in [-0.3, -0.25) is 0 Å². The van der Waals surface area contributed by atoms with Crippen molar-refractivity contribution in [3.63, 3.8) is 0 Å². The Bertz CT molecular complexity index is 563. The number of nitrogens with one attached hydrogen (secondary N) is 1. The number of nitrogens with zero attached hydrogens (tertiary/aromatic N) is 2. The Kier molecular flexibility index (Phi) is 4.90. The summed E-state index contributed by atoms with van der Waals surface area (Å²) in [6.45, 7) is 8.03. The van der Waals surface area contributed by atoms with Crippen LogP contribution in [0.25, 0.3) is 0 Å². The van der Waals surface area contributed by atoms with E-state index in [0.717, 1.165) is 30.0 Å². The average molecular weight is 275 g/mol. The summed E-state index contributed by atoms with van der Waals surface area (Å²) in [6, 6.07) is 5.23. The first-order valence-electron chi connectivity index (χ1n) is 7.17. The van der Waals surface area contributed by atoms with Crippen LogP contribution in [0, 0.1) is 5.82 Å². The number of aryl methyl sites for hydroxylation is 1. The van der Waals surface area contributed by atoms with Crippen LogP contribution in [0.3, 0.4) is 0 Å². The van der Waals surface area contributed by atoms with Gasteiger partial charge in [-0.2, -0.15) is 0 Å². The Balaban J connectivity index is 2.32. The highest BCUT2D eigenvalue weighted by Gasteiger charge is 2.13. The molecule has 0 aliphatic carbocycles. The van der Waals surface area contributed by atoms with Crippen molar-refractivity contribution in [2.24, 2.45) is 0 Å². The van der Waals surface area contributed by atoms with Crippen molar-refractivity contribution in [2.45, 2.75) is 39.8 Å². The molecule has 3 nitrogen and oxygen atoms in total. The van der Waals surface area contributed by atoms with E-state index in [-0.39, 0.29) is 11.9 Å². The molecular weight excluding hydrogens is 253 g/mol. The van der Waals surface area contributed by atoms with Crippen LogP contribution in [0.4, 0.5) is 4.39 Å². The van der Waals surface area contributed by atoms with Crippen LogP contribution in [0.15, 0.2) is 30.6 Å². The maximum Gasteiger partial charge on any atom is 0.123 e. The van der Waals surface area contributed by atoms with E-state index in [9.17, 15) is 4.39 Å². The molecule has 0 aliphatic rings. The summed E-state index contributed by atoms with van der Waals surface area (Å²) in [6.07, 6.45) is 4.41. The maximum absolute atomic E-state index is 13.6. The fourth-order valence-corrected chi connectivity index (χ4v) is 2.53. The molecule has 0 saturated heterocycles. The molecule has 0 radical (unpaired) electrons. The molecule has 1 N–H and O–H groups in total. The molecule has 0 spiro atoms. The number of halogens is 1. The second-order valence-electron chi connectivity index (χ2n) is 4.93. The van der Waals surface area contributed by atoms with Gasteiger partial charge in [0.2, 0.25) is 0 Å². The van der Waals surface area contributed by atoms with Gasteiger partial charge in [0, 0.05) is 31.4 Å². The van der Waals surface area contributed by atoms with E-state index in [1.165, 1.54) is 6.07 Å². The zero-order chi connectivity index (χ0) is 14.5. The molecule has 20 heavy (non-hydrogen) atoms. The first kappa shape index (κ1) is 14.7. The van der Waals surface area contributed by atoms with Gasteiger partial charge in [0.1, 0.15) is 11.6 Å². The fraction of sp³-hybridized carbons (Fsp3) is 0.438. The smallest absolute Gasteiger partial charge is 0.123 e. The number of hydrogen-bond donors (Lipinski definition) is 1. The third-order valence-corrected chi connectivity index (χ3v) is 3.57. The molecule has 1 unspecified atom stereocenters. The quantitative estimate of drug-likeness (QED) is 0.876. The lowest BCUT2D eigenvalue weighted by atomic mass is 9.98. The number of hydrogen-bond acceptors (Lipinski definition) is 2. The summed E-state index contributed by atoms with van der Waals surface area (Å²) in [5, 5.41) is 3.38. The number of benzene rings is 1. The Labute approximate surface area is 119 Å². The minimum absolute atomic E-state index is 0.193. The van der Waals surface area contributed by atoms with Crippen molar-refractivity contribution in [3.8, 4) is 0 Å². The average Bonchev–Trinajstić information content (AvgIpc) is 2.86. The van der Waals surface area contributed by atoms with Crippen molar-refractivity contribution in [3.05, 3.63) is 53.4 Å². The van der Waals surface area contributed by atoms with Gasteiger partial charge in [-0.05, 0) is 43.7 Å². The normalized spacial score (nSPS) is 12.6. The molecule has 0 aliphatic heterocycles. The summed E-state index contributed by atoms with van der Waals surface area (Å²) < 4.78 is 15.6. The SMILES string of the molecule is CCNC(C)c1ccc(F)cc1Cc1nccn1CC. The monoisotopic (exact) mass is 275 g/mol. The molecule has 1 aromatic carbocycles. The number of imidazole rings is 1. The van der Waals surface area contributed by atoms with Crippen LogP contribution >= 0.6 is 0 Å². The van der Waals surface area contributed by atoms with Crippen LogP contribution in [0.5, 0.6) is 0 Å². The van der Waals surface area contributed by atoms with E-state index in [2.05, 4.69) is 35.6 Å². The molecule has 1 aromatic heterocycles. The van der Waals surface area contributed by atoms with Crippen LogP contribution < -0.4 is 5.32 Å². The van der Waals surface area contributed by atoms with Crippen LogP contribution in [-0.4, -0.2) is 16.1 Å². The van der Waals surface area contributed by atoms with Gasteiger partial charge in [0.05, 0.1) is 0 Å². The molecule has 0 saturated carbocycles. The van der Waals surface area contributed by atoms with E-state index in [1.54, 1.807) is 12.3 Å². The van der Waals surface area contributed by atoms with Crippen LogP contribution in [0.2, 0.25) is 0 Å². The first-order valence-corrected chi connectivity index (χ1v) is 7.17. The third kappa shape index (κ3) is 3.25. The van der Waals surface area contributed by atoms with Gasteiger partial charge in [-0.15, -0.1) is 0 Å². The van der Waals surface area contributed by atoms with E-state index in [1.807, 2.05) is 12.3 Å². The third-order valence-electron chi connectivity index (χ3n) is 3.57. The van der Waals surface area contributed by atoms with Gasteiger partial charge >= 0.3 is 0 Å². The zero-order valence-corrected chi connectivity index (χ0v) is 12.4. The molecular formula is C16H22FN3. The first-order chi connectivity index (χ1) is 9.65. The Hall–Kier alpha value is -1.68. The van der Waals surface area contributed by atoms with Crippen molar-refractivity contribution < 1.29 is 4.39 Å². The van der Waals surface area contributed by atoms with E-state index >= 15 is 0 Å². The van der Waals surface area contributed by atoms with Crippen molar-refractivity contribution in [1.29, 1.82) is 0 Å².